The number of rotatable bonds is 11. The molecular formula is C20H24ClN3O6. The predicted molar refractivity (Wildman–Crippen MR) is 113 cm³/mol. The maximum atomic E-state index is 12.7. The zero-order valence-electron chi connectivity index (χ0n) is 17.1. The molecule has 0 atom stereocenters. The van der Waals surface area contributed by atoms with Crippen molar-refractivity contribution in [2.45, 2.75) is 33.6 Å². The van der Waals surface area contributed by atoms with E-state index in [1.165, 1.54) is 24.3 Å². The molecular weight excluding hydrogens is 414 g/mol. The van der Waals surface area contributed by atoms with Crippen molar-refractivity contribution >= 4 is 28.9 Å². The maximum Gasteiger partial charge on any atom is 0.296 e. The van der Waals surface area contributed by atoms with Crippen molar-refractivity contribution in [3.63, 3.8) is 0 Å². The number of nitro groups is 1. The molecule has 2 rings (SSSR count). The molecule has 0 bridgehead atoms. The summed E-state index contributed by atoms with van der Waals surface area (Å²) >= 11 is 6.08. The number of nitrogens with zero attached hydrogens (tertiary/aromatic N) is 2. The van der Waals surface area contributed by atoms with Crippen LogP contribution in [0.3, 0.4) is 0 Å². The molecule has 0 radical (unpaired) electrons. The number of benzene rings is 1. The molecule has 0 saturated heterocycles. The molecule has 1 N–H and O–H groups in total. The van der Waals surface area contributed by atoms with Gasteiger partial charge in [-0.3, -0.25) is 14.9 Å². The number of hydrogen-bond donors (Lipinski definition) is 1. The van der Waals surface area contributed by atoms with E-state index in [1.54, 1.807) is 6.92 Å². The Morgan fingerprint density at radius 3 is 2.30 bits per heavy atom. The quantitative estimate of drug-likeness (QED) is 0.394. The number of carbonyl (C=O) groups is 1. The van der Waals surface area contributed by atoms with E-state index < -0.39 is 10.8 Å². The van der Waals surface area contributed by atoms with E-state index in [2.05, 4.69) is 10.3 Å². The number of ether oxygens (including phenoxy) is 3. The Labute approximate surface area is 179 Å². The van der Waals surface area contributed by atoms with Crippen LogP contribution < -0.4 is 19.5 Å². The number of hydrogen-bond acceptors (Lipinski definition) is 7. The molecule has 1 aromatic carbocycles. The van der Waals surface area contributed by atoms with Gasteiger partial charge in [-0.25, -0.2) is 4.98 Å². The van der Waals surface area contributed by atoms with Crippen molar-refractivity contribution in [3.8, 4) is 17.4 Å². The average molecular weight is 438 g/mol. The average Bonchev–Trinajstić information content (AvgIpc) is 2.72. The van der Waals surface area contributed by atoms with Crippen LogP contribution in [0.2, 0.25) is 5.02 Å². The second-order valence-electron chi connectivity index (χ2n) is 6.14. The molecule has 1 heterocycles. The van der Waals surface area contributed by atoms with Crippen LogP contribution in [-0.2, 0) is 0 Å². The minimum absolute atomic E-state index is 0.0559. The smallest absolute Gasteiger partial charge is 0.296 e. The van der Waals surface area contributed by atoms with Gasteiger partial charge in [0.2, 0.25) is 5.88 Å². The molecule has 0 aliphatic carbocycles. The summed E-state index contributed by atoms with van der Waals surface area (Å²) < 4.78 is 16.5. The molecule has 0 fully saturated rings. The topological polar surface area (TPSA) is 113 Å². The molecule has 0 aliphatic rings. The van der Waals surface area contributed by atoms with E-state index in [0.29, 0.717) is 25.6 Å². The van der Waals surface area contributed by atoms with Crippen LogP contribution in [0, 0.1) is 10.1 Å². The number of aromatic nitrogens is 1. The fraction of sp³-hybridized carbons (Fsp3) is 0.400. The fourth-order valence-corrected chi connectivity index (χ4v) is 2.63. The van der Waals surface area contributed by atoms with Gasteiger partial charge in [-0.2, -0.15) is 0 Å². The number of nitrogens with one attached hydrogen (secondary N) is 1. The van der Waals surface area contributed by atoms with Crippen LogP contribution in [0.5, 0.6) is 17.4 Å². The van der Waals surface area contributed by atoms with Crippen molar-refractivity contribution in [1.29, 1.82) is 0 Å². The minimum Gasteiger partial charge on any atom is -0.490 e. The number of amides is 1. The Morgan fingerprint density at radius 2 is 1.73 bits per heavy atom. The van der Waals surface area contributed by atoms with Gasteiger partial charge in [0, 0.05) is 12.1 Å². The summed E-state index contributed by atoms with van der Waals surface area (Å²) in [6, 6.07) is 5.61. The highest BCUT2D eigenvalue weighted by Gasteiger charge is 2.24. The Kier molecular flexibility index (Phi) is 8.67. The summed E-state index contributed by atoms with van der Waals surface area (Å²) in [5, 5.41) is 14.2. The Morgan fingerprint density at radius 1 is 1.10 bits per heavy atom. The Hall–Kier alpha value is -3.07. The van der Waals surface area contributed by atoms with Gasteiger partial charge in [0.1, 0.15) is 5.69 Å². The van der Waals surface area contributed by atoms with E-state index in [4.69, 9.17) is 25.8 Å². The Balaban J connectivity index is 2.42. The van der Waals surface area contributed by atoms with Crippen LogP contribution in [0.25, 0.3) is 0 Å². The summed E-state index contributed by atoms with van der Waals surface area (Å²) in [5.41, 5.74) is -0.505. The predicted octanol–water partition coefficient (Wildman–Crippen LogP) is 4.87. The lowest BCUT2D eigenvalue weighted by molar-refractivity contribution is -0.384. The summed E-state index contributed by atoms with van der Waals surface area (Å²) in [6.45, 7) is 6.74. The summed E-state index contributed by atoms with van der Waals surface area (Å²) in [4.78, 5) is 27.8. The van der Waals surface area contributed by atoms with Gasteiger partial charge in [0.05, 0.1) is 35.8 Å². The molecule has 30 heavy (non-hydrogen) atoms. The molecule has 2 aromatic rings. The first-order valence-corrected chi connectivity index (χ1v) is 9.97. The highest BCUT2D eigenvalue weighted by Crippen LogP contribution is 2.38. The lowest BCUT2D eigenvalue weighted by atomic mass is 10.2. The second kappa shape index (κ2) is 11.2. The van der Waals surface area contributed by atoms with E-state index in [0.717, 1.165) is 12.8 Å². The van der Waals surface area contributed by atoms with Gasteiger partial charge in [0.15, 0.2) is 17.2 Å². The van der Waals surface area contributed by atoms with Crippen LogP contribution >= 0.6 is 11.6 Å². The number of nitro benzene ring substituents is 1. The molecule has 162 valence electrons. The number of carbonyl (C=O) groups excluding carboxylic acids is 1. The largest absolute Gasteiger partial charge is 0.490 e. The summed E-state index contributed by atoms with van der Waals surface area (Å²) in [6.07, 6.45) is 1.45. The first-order chi connectivity index (χ1) is 14.4. The Bertz CT molecular complexity index is 906. The molecule has 10 heteroatoms. The van der Waals surface area contributed by atoms with Crippen LogP contribution in [0.15, 0.2) is 24.3 Å². The van der Waals surface area contributed by atoms with E-state index in [9.17, 15) is 14.9 Å². The zero-order chi connectivity index (χ0) is 22.1. The van der Waals surface area contributed by atoms with E-state index >= 15 is 0 Å². The first kappa shape index (κ1) is 23.2. The normalized spacial score (nSPS) is 10.4. The first-order valence-electron chi connectivity index (χ1n) is 9.59. The van der Waals surface area contributed by atoms with Crippen molar-refractivity contribution in [2.24, 2.45) is 0 Å². The summed E-state index contributed by atoms with van der Waals surface area (Å²) in [7, 11) is 0. The monoisotopic (exact) mass is 437 g/mol. The standard InChI is InChI=1S/C20H24ClN3O6/c1-4-9-29-16-11-14(15(24(26)27)12-17(16)30-10-5-2)22-20(25)19-13(21)7-8-18(23-19)28-6-3/h7-8,11-12H,4-6,9-10H2,1-3H3,(H,22,25). The molecule has 1 amide bonds. The van der Waals surface area contributed by atoms with E-state index in [-0.39, 0.29) is 33.7 Å². The minimum atomic E-state index is -0.715. The van der Waals surface area contributed by atoms with Gasteiger partial charge in [0.25, 0.3) is 11.6 Å². The third-order valence-electron chi connectivity index (χ3n) is 3.76. The SMILES string of the molecule is CCCOc1cc(NC(=O)c2nc(OCC)ccc2Cl)c([N+](=O)[O-])cc1OCCC. The number of halogens is 1. The molecule has 9 nitrogen and oxygen atoms in total. The zero-order valence-corrected chi connectivity index (χ0v) is 17.8. The fourth-order valence-electron chi connectivity index (χ4n) is 2.44. The van der Waals surface area contributed by atoms with Crippen LogP contribution in [-0.4, -0.2) is 35.6 Å². The highest BCUT2D eigenvalue weighted by atomic mass is 35.5. The van der Waals surface area contributed by atoms with Gasteiger partial charge >= 0.3 is 0 Å². The maximum absolute atomic E-state index is 12.7. The molecule has 0 aliphatic heterocycles. The third-order valence-corrected chi connectivity index (χ3v) is 4.06. The number of anilines is 1. The molecule has 1 aromatic heterocycles. The van der Waals surface area contributed by atoms with Gasteiger partial charge in [-0.15, -0.1) is 0 Å². The van der Waals surface area contributed by atoms with Gasteiger partial charge < -0.3 is 19.5 Å². The molecule has 0 saturated carbocycles. The lowest BCUT2D eigenvalue weighted by Gasteiger charge is -2.15. The van der Waals surface area contributed by atoms with Gasteiger partial charge in [-0.1, -0.05) is 25.4 Å². The van der Waals surface area contributed by atoms with Crippen molar-refractivity contribution in [2.75, 3.05) is 25.1 Å². The molecule has 0 unspecified atom stereocenters. The molecule has 0 spiro atoms. The van der Waals surface area contributed by atoms with E-state index in [1.807, 2.05) is 13.8 Å². The van der Waals surface area contributed by atoms with Crippen LogP contribution in [0.1, 0.15) is 44.1 Å². The van der Waals surface area contributed by atoms with Crippen molar-refractivity contribution in [1.82, 2.24) is 4.98 Å². The van der Waals surface area contributed by atoms with Crippen molar-refractivity contribution in [3.05, 3.63) is 45.1 Å². The second-order valence-corrected chi connectivity index (χ2v) is 6.54. The lowest BCUT2D eigenvalue weighted by Crippen LogP contribution is -2.16. The van der Waals surface area contributed by atoms with Gasteiger partial charge in [-0.05, 0) is 25.8 Å². The number of pyridine rings is 1. The third kappa shape index (κ3) is 5.96. The highest BCUT2D eigenvalue weighted by molar-refractivity contribution is 6.34. The van der Waals surface area contributed by atoms with Crippen molar-refractivity contribution < 1.29 is 23.9 Å². The van der Waals surface area contributed by atoms with Crippen LogP contribution in [0.4, 0.5) is 11.4 Å². The summed E-state index contributed by atoms with van der Waals surface area (Å²) in [5.74, 6) is 0.0444.